The van der Waals surface area contributed by atoms with Gasteiger partial charge in [-0.1, -0.05) is 464 Å². The minimum atomic E-state index is 0.351. The van der Waals surface area contributed by atoms with Crippen molar-refractivity contribution >= 4 is 32.4 Å². The van der Waals surface area contributed by atoms with Gasteiger partial charge in [-0.25, -0.2) is 4.98 Å². The van der Waals surface area contributed by atoms with Crippen LogP contribution in [0.5, 0.6) is 0 Å². The quantitative estimate of drug-likeness (QED) is 0.0995. The largest absolute Gasteiger partial charge is 0.361 e. The number of nitrogens with zero attached hydrogens (tertiary/aromatic N) is 1. The third-order valence-corrected chi connectivity index (χ3v) is 21.2. The third-order valence-electron chi connectivity index (χ3n) is 21.2. The Bertz CT molecular complexity index is 4830. The number of rotatable bonds is 16. The minimum Gasteiger partial charge on any atom is -0.361 e. The molecule has 0 amide bonds. The first-order valence-corrected chi connectivity index (χ1v) is 45.6. The highest BCUT2D eigenvalue weighted by atomic mass is 14.9. The van der Waals surface area contributed by atoms with E-state index in [1.54, 1.807) is 6.33 Å². The van der Waals surface area contributed by atoms with Crippen LogP contribution in [0.1, 0.15) is 267 Å². The molecule has 0 bridgehead atoms. The number of benzene rings is 11. The number of fused-ring (bicyclic) bond motifs is 3. The van der Waals surface area contributed by atoms with Crippen LogP contribution in [0.4, 0.5) is 0 Å². The normalized spacial score (nSPS) is 12.3. The van der Waals surface area contributed by atoms with E-state index in [-0.39, 0.29) is 0 Å². The van der Waals surface area contributed by atoms with E-state index in [0.717, 1.165) is 49.9 Å². The fourth-order valence-corrected chi connectivity index (χ4v) is 14.8. The van der Waals surface area contributed by atoms with Crippen LogP contribution >= 0.6 is 0 Å². The zero-order valence-corrected chi connectivity index (χ0v) is 79.4. The van der Waals surface area contributed by atoms with Crippen LogP contribution in [0.3, 0.4) is 0 Å². The molecule has 0 spiro atoms. The molecule has 0 atom stereocenters. The standard InChI is InChI=1S/C18H22.C17H20.C15H18.C13H20.C12H15N.C12H12.C12H18.C10H20.C8H14N2/c1-18(2,3)14-13-15-9-11-17(12-10-15)16-7-5-4-6-8-16;1-17(2,3)13-14-9-11-16(12-10-14)15-7-5-4-6-8-15;1-15(2,3)11-13-9-6-8-12-7-4-5-10-14(12)13;1-11-5-7-12(8-6-11)9-10-13(2,3)4;1-9(2)7-10-8-13-12-6-4-3-5-11(10)12;1-2-10-7-8-11-5-3-4-6-12(11)9-10;1-12(2,3)10-9-11-7-5-4-6-8-11;1-9(2)8-10-6-4-3-5-7-10;1-8(2,3)4-7-5-9-6-10-7/h4-12H,13-14H2,1-3H3;4-12H,13H2,1-3H3;4-10H,11H2,1-3H3;5-8H,9-10H2,1-4H3;3-6,8-9,13H,7H2,1-2H3;3-9H,2H2,1H3;4-8H,9-10H2,1-3H3;9-10H,3-8H2,1-2H3;5-6H,4H2,1-3H3,(H,9,10). The molecule has 1 fully saturated rings. The molecule has 2 N–H and O–H groups in total. The molecule has 642 valence electrons. The molecule has 3 nitrogen and oxygen atoms in total. The van der Waals surface area contributed by atoms with Gasteiger partial charge in [0.25, 0.3) is 0 Å². The smallest absolute Gasteiger partial charge is 0.0921 e. The van der Waals surface area contributed by atoms with Crippen molar-refractivity contribution in [1.29, 1.82) is 0 Å². The summed E-state index contributed by atoms with van der Waals surface area (Å²) in [6, 6.07) is 97.3. The zero-order chi connectivity index (χ0) is 87.8. The second kappa shape index (κ2) is 50.2. The highest BCUT2D eigenvalue weighted by Crippen LogP contribution is 2.32. The maximum atomic E-state index is 3.95. The van der Waals surface area contributed by atoms with Gasteiger partial charge in [0.2, 0.25) is 0 Å². The summed E-state index contributed by atoms with van der Waals surface area (Å²) in [5.74, 6) is 2.72. The van der Waals surface area contributed by atoms with Crippen molar-refractivity contribution in [3.05, 3.63) is 342 Å². The molecule has 1 aliphatic carbocycles. The fourth-order valence-electron chi connectivity index (χ4n) is 14.8. The average Bonchev–Trinajstić information content (AvgIpc) is 1.44. The molecule has 1 aliphatic rings. The summed E-state index contributed by atoms with van der Waals surface area (Å²) < 4.78 is 0. The lowest BCUT2D eigenvalue weighted by molar-refractivity contribution is 0.305. The summed E-state index contributed by atoms with van der Waals surface area (Å²) in [4.78, 5) is 10.3. The molecule has 3 heteroatoms. The molecule has 2 aromatic heterocycles. The molecular weight excluding hydrogens is 1450 g/mol. The second-order valence-electron chi connectivity index (χ2n) is 41.8. The molecule has 11 aromatic carbocycles. The van der Waals surface area contributed by atoms with Crippen molar-refractivity contribution in [1.82, 2.24) is 15.0 Å². The molecule has 0 radical (unpaired) electrons. The van der Waals surface area contributed by atoms with Crippen LogP contribution in [0, 0.1) is 57.2 Å². The third kappa shape index (κ3) is 42.8. The van der Waals surface area contributed by atoms with Gasteiger partial charge in [0, 0.05) is 29.0 Å². The van der Waals surface area contributed by atoms with E-state index in [2.05, 4.69) is 460 Å². The van der Waals surface area contributed by atoms with Crippen LogP contribution in [0.15, 0.2) is 292 Å². The molecule has 0 saturated heterocycles. The van der Waals surface area contributed by atoms with E-state index in [0.29, 0.717) is 32.5 Å². The predicted octanol–water partition coefficient (Wildman–Crippen LogP) is 34.7. The summed E-state index contributed by atoms with van der Waals surface area (Å²) >= 11 is 0. The highest BCUT2D eigenvalue weighted by molar-refractivity contribution is 5.86. The number of imidazole rings is 1. The maximum Gasteiger partial charge on any atom is 0.0921 e. The Hall–Kier alpha value is -9.31. The Morgan fingerprint density at radius 1 is 0.342 bits per heavy atom. The lowest BCUT2D eigenvalue weighted by Crippen LogP contribution is -2.09. The van der Waals surface area contributed by atoms with Crippen LogP contribution < -0.4 is 0 Å². The van der Waals surface area contributed by atoms with Crippen molar-refractivity contribution < 1.29 is 0 Å². The molecular formula is C117H159N3. The van der Waals surface area contributed by atoms with Crippen LogP contribution in [0.2, 0.25) is 0 Å². The average molecular weight is 1610 g/mol. The van der Waals surface area contributed by atoms with E-state index in [1.807, 2.05) is 6.20 Å². The van der Waals surface area contributed by atoms with Gasteiger partial charge < -0.3 is 9.97 Å². The van der Waals surface area contributed by atoms with Crippen LogP contribution in [0.25, 0.3) is 54.7 Å². The molecule has 13 aromatic rings. The Morgan fingerprint density at radius 3 is 1.23 bits per heavy atom. The van der Waals surface area contributed by atoms with Gasteiger partial charge in [0.15, 0.2) is 0 Å². The predicted molar refractivity (Wildman–Crippen MR) is 533 cm³/mol. The number of para-hydroxylation sites is 1. The van der Waals surface area contributed by atoms with E-state index in [9.17, 15) is 0 Å². The van der Waals surface area contributed by atoms with E-state index in [4.69, 9.17) is 0 Å². The van der Waals surface area contributed by atoms with Gasteiger partial charge >= 0.3 is 0 Å². The number of hydrogen-bond donors (Lipinski definition) is 2. The molecule has 1 saturated carbocycles. The lowest BCUT2D eigenvalue weighted by atomic mass is 9.84. The SMILES string of the molecule is CC(C)(C)CCc1ccc(-c2ccccc2)cc1.CC(C)(C)CCc1ccccc1.CC(C)(C)Cc1ccc(-c2ccccc2)cc1.CC(C)(C)Cc1cccc2ccccc12.CC(C)(C)Cc1cnc[nH]1.CC(C)CC1CCCCC1.CC(C)Cc1c[nH]c2ccccc12.CCc1ccc2ccccc2c1.Cc1ccc(CCC(C)(C)C)cc1. The van der Waals surface area contributed by atoms with Gasteiger partial charge in [-0.2, -0.15) is 0 Å². The van der Waals surface area contributed by atoms with E-state index >= 15 is 0 Å². The van der Waals surface area contributed by atoms with Crippen molar-refractivity contribution in [3.8, 4) is 22.3 Å². The number of aryl methyl sites for hydroxylation is 5. The van der Waals surface area contributed by atoms with E-state index < -0.39 is 0 Å². The number of H-pyrrole nitrogens is 2. The van der Waals surface area contributed by atoms with Crippen LogP contribution in [-0.4, -0.2) is 15.0 Å². The topological polar surface area (TPSA) is 44.5 Å². The molecule has 2 heterocycles. The Balaban J connectivity index is 0.000000211. The number of hydrogen-bond acceptors (Lipinski definition) is 1. The van der Waals surface area contributed by atoms with Crippen molar-refractivity contribution in [2.24, 2.45) is 50.2 Å². The van der Waals surface area contributed by atoms with Gasteiger partial charge in [-0.15, -0.1) is 0 Å². The van der Waals surface area contributed by atoms with Gasteiger partial charge in [0.05, 0.1) is 6.33 Å². The Morgan fingerprint density at radius 2 is 0.758 bits per heavy atom. The van der Waals surface area contributed by atoms with E-state index in [1.165, 1.54) is 182 Å². The monoisotopic (exact) mass is 1610 g/mol. The van der Waals surface area contributed by atoms with Crippen molar-refractivity contribution in [2.75, 3.05) is 0 Å². The summed E-state index contributed by atoms with van der Waals surface area (Å²) in [5.41, 5.74) is 21.4. The second-order valence-corrected chi connectivity index (χ2v) is 41.8. The summed E-state index contributed by atoms with van der Waals surface area (Å²) in [6.07, 6.45) is 27.6. The molecule has 0 unspecified atom stereocenters. The number of aromatic amines is 2. The molecule has 120 heavy (non-hydrogen) atoms. The van der Waals surface area contributed by atoms with Gasteiger partial charge in [-0.05, 0) is 223 Å². The summed E-state index contributed by atoms with van der Waals surface area (Å²) in [5, 5.41) is 6.79. The van der Waals surface area contributed by atoms with Gasteiger partial charge in [0.1, 0.15) is 0 Å². The molecule has 14 rings (SSSR count). The Kier molecular flexibility index (Phi) is 41.6. The lowest BCUT2D eigenvalue weighted by Gasteiger charge is -2.22. The first-order valence-electron chi connectivity index (χ1n) is 45.6. The van der Waals surface area contributed by atoms with Gasteiger partial charge in [-0.3, -0.25) is 0 Å². The first-order chi connectivity index (χ1) is 56.7. The highest BCUT2D eigenvalue weighted by Gasteiger charge is 2.18. The van der Waals surface area contributed by atoms with Crippen molar-refractivity contribution in [2.45, 2.75) is 275 Å². The Labute approximate surface area is 732 Å². The fraction of sp³-hybridized carbons (Fsp3) is 0.427. The van der Waals surface area contributed by atoms with Crippen molar-refractivity contribution in [3.63, 3.8) is 0 Å². The zero-order valence-electron chi connectivity index (χ0n) is 79.4. The summed E-state index contributed by atoms with van der Waals surface area (Å²) in [6.45, 7) is 54.5. The first kappa shape index (κ1) is 99.5. The number of nitrogens with one attached hydrogen (secondary N) is 2. The number of aromatic nitrogens is 3. The maximum absolute atomic E-state index is 3.95. The molecule has 0 aliphatic heterocycles. The summed E-state index contributed by atoms with van der Waals surface area (Å²) in [7, 11) is 0. The van der Waals surface area contributed by atoms with Crippen LogP contribution in [-0.2, 0) is 51.4 Å². The minimum absolute atomic E-state index is 0.351.